The third kappa shape index (κ3) is 1.84. The molecule has 1 heterocycles. The summed E-state index contributed by atoms with van der Waals surface area (Å²) < 4.78 is 10.9. The molecule has 1 saturated heterocycles. The molecule has 0 bridgehead atoms. The van der Waals surface area contributed by atoms with Gasteiger partial charge in [-0.15, -0.1) is 0 Å². The van der Waals surface area contributed by atoms with Gasteiger partial charge in [0.05, 0.1) is 6.10 Å². The minimum Gasteiger partial charge on any atom is -0.356 e. The molecule has 3 heteroatoms. The van der Waals surface area contributed by atoms with E-state index in [0.717, 1.165) is 25.7 Å². The van der Waals surface area contributed by atoms with Gasteiger partial charge in [-0.3, -0.25) is 4.79 Å². The Bertz CT molecular complexity index is 227. The Morgan fingerprint density at radius 1 is 1.43 bits per heavy atom. The molecule has 1 aliphatic heterocycles. The lowest BCUT2D eigenvalue weighted by atomic mass is 9.95. The first kappa shape index (κ1) is 10.1. The summed E-state index contributed by atoms with van der Waals surface area (Å²) in [4.78, 5) is 11.5. The van der Waals surface area contributed by atoms with Crippen LogP contribution in [0.4, 0.5) is 0 Å². The van der Waals surface area contributed by atoms with Gasteiger partial charge in [0.25, 0.3) is 0 Å². The number of fused-ring (bicyclic) bond motifs is 1. The largest absolute Gasteiger partial charge is 0.356 e. The second-order valence-corrected chi connectivity index (χ2v) is 4.48. The highest BCUT2D eigenvalue weighted by molar-refractivity contribution is 5.80. The minimum absolute atomic E-state index is 0.0367. The van der Waals surface area contributed by atoms with Crippen LogP contribution < -0.4 is 0 Å². The molecule has 1 aliphatic carbocycles. The molecule has 0 spiro atoms. The molecule has 80 valence electrons. The van der Waals surface area contributed by atoms with Gasteiger partial charge in [-0.2, -0.15) is 0 Å². The first-order valence-electron chi connectivity index (χ1n) is 5.41. The molecule has 0 aromatic heterocycles. The number of rotatable bonds is 1. The van der Waals surface area contributed by atoms with Gasteiger partial charge in [0, 0.05) is 25.9 Å². The lowest BCUT2D eigenvalue weighted by molar-refractivity contribution is -0.128. The monoisotopic (exact) mass is 198 g/mol. The fraction of sp³-hybridized carbons (Fsp3) is 0.909. The second-order valence-electron chi connectivity index (χ2n) is 4.48. The predicted molar refractivity (Wildman–Crippen MR) is 51.8 cm³/mol. The van der Waals surface area contributed by atoms with Crippen LogP contribution in [-0.4, -0.2) is 25.3 Å². The van der Waals surface area contributed by atoms with Crippen LogP contribution >= 0.6 is 0 Å². The Morgan fingerprint density at radius 3 is 2.93 bits per heavy atom. The Labute approximate surface area is 84.8 Å². The minimum atomic E-state index is -0.0367. The van der Waals surface area contributed by atoms with Gasteiger partial charge in [-0.1, -0.05) is 6.92 Å². The third-order valence-electron chi connectivity index (χ3n) is 3.51. The van der Waals surface area contributed by atoms with E-state index in [0.29, 0.717) is 11.7 Å². The van der Waals surface area contributed by atoms with Gasteiger partial charge in [-0.25, -0.2) is 0 Å². The van der Waals surface area contributed by atoms with Crippen molar-refractivity contribution in [2.75, 3.05) is 7.11 Å². The summed E-state index contributed by atoms with van der Waals surface area (Å²) in [6.07, 6.45) is 3.76. The topological polar surface area (TPSA) is 35.5 Å². The maximum atomic E-state index is 11.5. The first-order chi connectivity index (χ1) is 6.70. The molecule has 4 atom stereocenters. The van der Waals surface area contributed by atoms with Crippen LogP contribution in [0.15, 0.2) is 0 Å². The Hall–Kier alpha value is -0.410. The Kier molecular flexibility index (Phi) is 2.88. The highest BCUT2D eigenvalue weighted by atomic mass is 16.7. The molecule has 2 rings (SSSR count). The van der Waals surface area contributed by atoms with Crippen molar-refractivity contribution in [3.05, 3.63) is 0 Å². The molecule has 0 aromatic rings. The number of carbonyl (C=O) groups is 1. The van der Waals surface area contributed by atoms with E-state index < -0.39 is 0 Å². The first-order valence-corrected chi connectivity index (χ1v) is 5.41. The lowest BCUT2D eigenvalue weighted by Gasteiger charge is -2.16. The van der Waals surface area contributed by atoms with Crippen molar-refractivity contribution in [2.45, 2.75) is 45.0 Å². The molecule has 0 N–H and O–H groups in total. The number of methoxy groups -OCH3 is 1. The second kappa shape index (κ2) is 3.99. The van der Waals surface area contributed by atoms with Gasteiger partial charge in [0.15, 0.2) is 6.29 Å². The highest BCUT2D eigenvalue weighted by Gasteiger charge is 2.39. The van der Waals surface area contributed by atoms with E-state index in [2.05, 4.69) is 0 Å². The zero-order chi connectivity index (χ0) is 10.1. The summed E-state index contributed by atoms with van der Waals surface area (Å²) in [5.41, 5.74) is 0. The zero-order valence-corrected chi connectivity index (χ0v) is 8.86. The number of hydrogen-bond acceptors (Lipinski definition) is 3. The molecular formula is C11H18O3. The van der Waals surface area contributed by atoms with Crippen molar-refractivity contribution in [3.63, 3.8) is 0 Å². The summed E-state index contributed by atoms with van der Waals surface area (Å²) in [5, 5.41) is 0. The SMILES string of the molecule is COC1C[C@H]2CCC(=O)[C@@H](C)C[C@H]2O1. The van der Waals surface area contributed by atoms with Crippen LogP contribution in [0.25, 0.3) is 0 Å². The van der Waals surface area contributed by atoms with Crippen LogP contribution in [0.1, 0.15) is 32.6 Å². The number of ketones is 1. The average molecular weight is 198 g/mol. The Morgan fingerprint density at radius 2 is 2.21 bits per heavy atom. The van der Waals surface area contributed by atoms with Crippen LogP contribution in [0, 0.1) is 11.8 Å². The van der Waals surface area contributed by atoms with Crippen LogP contribution in [0.5, 0.6) is 0 Å². The summed E-state index contributed by atoms with van der Waals surface area (Å²) in [6, 6.07) is 0. The lowest BCUT2D eigenvalue weighted by Crippen LogP contribution is -2.19. The molecule has 1 unspecified atom stereocenters. The molecule has 1 saturated carbocycles. The highest BCUT2D eigenvalue weighted by Crippen LogP contribution is 2.37. The van der Waals surface area contributed by atoms with Crippen molar-refractivity contribution in [3.8, 4) is 0 Å². The van der Waals surface area contributed by atoms with Crippen molar-refractivity contribution >= 4 is 5.78 Å². The van der Waals surface area contributed by atoms with Crippen molar-refractivity contribution < 1.29 is 14.3 Å². The van der Waals surface area contributed by atoms with Crippen molar-refractivity contribution in [1.29, 1.82) is 0 Å². The van der Waals surface area contributed by atoms with E-state index >= 15 is 0 Å². The molecule has 2 fully saturated rings. The van der Waals surface area contributed by atoms with Crippen LogP contribution in [-0.2, 0) is 14.3 Å². The summed E-state index contributed by atoms with van der Waals surface area (Å²) >= 11 is 0. The number of carbonyl (C=O) groups excluding carboxylic acids is 1. The van der Waals surface area contributed by atoms with E-state index in [1.165, 1.54) is 0 Å². The summed E-state index contributed by atoms with van der Waals surface area (Å²) in [7, 11) is 1.68. The maximum absolute atomic E-state index is 11.5. The van der Waals surface area contributed by atoms with E-state index in [4.69, 9.17) is 9.47 Å². The van der Waals surface area contributed by atoms with Gasteiger partial charge < -0.3 is 9.47 Å². The molecule has 14 heavy (non-hydrogen) atoms. The number of ether oxygens (including phenoxy) is 2. The van der Waals surface area contributed by atoms with Crippen LogP contribution in [0.3, 0.4) is 0 Å². The van der Waals surface area contributed by atoms with Gasteiger partial charge in [0.2, 0.25) is 0 Å². The molecule has 0 amide bonds. The van der Waals surface area contributed by atoms with Crippen molar-refractivity contribution in [2.24, 2.45) is 11.8 Å². The van der Waals surface area contributed by atoms with Gasteiger partial charge >= 0.3 is 0 Å². The van der Waals surface area contributed by atoms with E-state index in [9.17, 15) is 4.79 Å². The maximum Gasteiger partial charge on any atom is 0.157 e. The molecule has 0 aromatic carbocycles. The normalized spacial score (nSPS) is 43.4. The number of hydrogen-bond donors (Lipinski definition) is 0. The predicted octanol–water partition coefficient (Wildman–Crippen LogP) is 1.75. The molecule has 0 radical (unpaired) electrons. The fourth-order valence-corrected chi connectivity index (χ4v) is 2.52. The third-order valence-corrected chi connectivity index (χ3v) is 3.51. The fourth-order valence-electron chi connectivity index (χ4n) is 2.52. The van der Waals surface area contributed by atoms with Crippen LogP contribution in [0.2, 0.25) is 0 Å². The number of Topliss-reactive ketones (excluding diaryl/α,β-unsaturated/α-hetero) is 1. The quantitative estimate of drug-likeness (QED) is 0.644. The smallest absolute Gasteiger partial charge is 0.157 e. The van der Waals surface area contributed by atoms with Crippen molar-refractivity contribution in [1.82, 2.24) is 0 Å². The van der Waals surface area contributed by atoms with Gasteiger partial charge in [0.1, 0.15) is 5.78 Å². The summed E-state index contributed by atoms with van der Waals surface area (Å²) in [5.74, 6) is 1.10. The van der Waals surface area contributed by atoms with E-state index in [1.54, 1.807) is 7.11 Å². The Balaban J connectivity index is 2.01. The standard InChI is InChI=1S/C11H18O3/c1-7-5-10-8(3-4-9(7)12)6-11(13-2)14-10/h7-8,10-11H,3-6H2,1-2H3/t7-,8+,10+,11?/m0/s1. The zero-order valence-electron chi connectivity index (χ0n) is 8.86. The van der Waals surface area contributed by atoms with Gasteiger partial charge in [-0.05, 0) is 18.8 Å². The average Bonchev–Trinajstić information content (AvgIpc) is 2.51. The van der Waals surface area contributed by atoms with E-state index in [-0.39, 0.29) is 18.3 Å². The van der Waals surface area contributed by atoms with E-state index in [1.807, 2.05) is 6.92 Å². The molecule has 3 nitrogen and oxygen atoms in total. The molecular weight excluding hydrogens is 180 g/mol. The molecule has 2 aliphatic rings. The summed E-state index contributed by atoms with van der Waals surface area (Å²) in [6.45, 7) is 2.01.